The van der Waals surface area contributed by atoms with Crippen molar-refractivity contribution >= 4 is 8.32 Å². The Hall–Kier alpha value is -0.673. The van der Waals surface area contributed by atoms with Gasteiger partial charge in [0.25, 0.3) is 0 Å². The van der Waals surface area contributed by atoms with E-state index in [-0.39, 0.29) is 5.82 Å². The minimum atomic E-state index is -1.45. The first-order chi connectivity index (χ1) is 6.49. The summed E-state index contributed by atoms with van der Waals surface area (Å²) in [6, 6.07) is 6.86. The Morgan fingerprint density at radius 2 is 1.86 bits per heavy atom. The average molecular weight is 212 g/mol. The largest absolute Gasteiger partial charge is 0.417 e. The Balaban J connectivity index is 2.43. The molecule has 0 radical (unpaired) electrons. The summed E-state index contributed by atoms with van der Waals surface area (Å²) in [5, 5.41) is 0. The van der Waals surface area contributed by atoms with E-state index in [1.165, 1.54) is 6.07 Å². The Morgan fingerprint density at radius 3 is 2.43 bits per heavy atom. The van der Waals surface area contributed by atoms with E-state index in [4.69, 9.17) is 4.43 Å². The first-order valence-electron chi connectivity index (χ1n) is 4.86. The number of hydrogen-bond donors (Lipinski definition) is 0. The third-order valence-electron chi connectivity index (χ3n) is 1.86. The summed E-state index contributed by atoms with van der Waals surface area (Å²) in [7, 11) is -1.45. The molecule has 3 heteroatoms. The number of benzene rings is 1. The normalized spacial score (nSPS) is 11.7. The fourth-order valence-corrected chi connectivity index (χ4v) is 1.88. The predicted octanol–water partition coefficient (Wildman–Crippen LogP) is 3.22. The van der Waals surface area contributed by atoms with Crippen molar-refractivity contribution in [1.82, 2.24) is 0 Å². The zero-order chi connectivity index (χ0) is 10.6. The molecule has 1 aromatic carbocycles. The molecule has 0 aliphatic heterocycles. The van der Waals surface area contributed by atoms with Gasteiger partial charge in [0.15, 0.2) is 8.32 Å². The van der Waals surface area contributed by atoms with Gasteiger partial charge in [-0.15, -0.1) is 0 Å². The van der Waals surface area contributed by atoms with Crippen LogP contribution in [0.25, 0.3) is 0 Å². The van der Waals surface area contributed by atoms with Gasteiger partial charge in [-0.2, -0.15) is 0 Å². The van der Waals surface area contributed by atoms with Gasteiger partial charge in [-0.3, -0.25) is 0 Å². The predicted molar refractivity (Wildman–Crippen MR) is 59.4 cm³/mol. The molecule has 78 valence electrons. The summed E-state index contributed by atoms with van der Waals surface area (Å²) in [6.07, 6.45) is 0.664. The van der Waals surface area contributed by atoms with Gasteiger partial charge in [0, 0.05) is 6.61 Å². The monoisotopic (exact) mass is 212 g/mol. The molecule has 0 aliphatic carbocycles. The first kappa shape index (κ1) is 11.4. The highest BCUT2D eigenvalue weighted by Gasteiger charge is 2.13. The molecule has 0 amide bonds. The molecule has 0 fully saturated rings. The van der Waals surface area contributed by atoms with Crippen LogP contribution in [-0.2, 0) is 10.8 Å². The van der Waals surface area contributed by atoms with Crippen LogP contribution >= 0.6 is 0 Å². The highest BCUT2D eigenvalue weighted by Crippen LogP contribution is 2.09. The van der Waals surface area contributed by atoms with Crippen LogP contribution in [-0.4, -0.2) is 14.9 Å². The summed E-state index contributed by atoms with van der Waals surface area (Å²) < 4.78 is 18.8. The van der Waals surface area contributed by atoms with Crippen molar-refractivity contribution in [3.63, 3.8) is 0 Å². The quantitative estimate of drug-likeness (QED) is 0.696. The number of rotatable bonds is 4. The van der Waals surface area contributed by atoms with Crippen molar-refractivity contribution in [3.8, 4) is 0 Å². The van der Waals surface area contributed by atoms with Crippen LogP contribution < -0.4 is 0 Å². The third-order valence-corrected chi connectivity index (χ3v) is 2.93. The minimum Gasteiger partial charge on any atom is -0.417 e. The molecular formula is C11H17FOSi. The van der Waals surface area contributed by atoms with Crippen molar-refractivity contribution in [1.29, 1.82) is 0 Å². The van der Waals surface area contributed by atoms with Crippen LogP contribution in [0.1, 0.15) is 5.56 Å². The molecule has 0 atom stereocenters. The van der Waals surface area contributed by atoms with Crippen LogP contribution in [0, 0.1) is 5.82 Å². The molecule has 1 nitrogen and oxygen atoms in total. The van der Waals surface area contributed by atoms with Gasteiger partial charge in [-0.25, -0.2) is 4.39 Å². The van der Waals surface area contributed by atoms with E-state index in [0.29, 0.717) is 13.0 Å². The van der Waals surface area contributed by atoms with E-state index in [1.807, 2.05) is 12.1 Å². The van der Waals surface area contributed by atoms with E-state index in [2.05, 4.69) is 19.6 Å². The second-order valence-corrected chi connectivity index (χ2v) is 8.82. The van der Waals surface area contributed by atoms with Crippen molar-refractivity contribution < 1.29 is 8.82 Å². The molecule has 0 saturated carbocycles. The van der Waals surface area contributed by atoms with E-state index in [1.54, 1.807) is 6.07 Å². The second kappa shape index (κ2) is 4.71. The number of halogens is 1. The fraction of sp³-hybridized carbons (Fsp3) is 0.455. The van der Waals surface area contributed by atoms with Crippen molar-refractivity contribution in [2.24, 2.45) is 0 Å². The standard InChI is InChI=1S/C11H17FOSi/c1-14(2,3)13-9-8-10-6-4-5-7-11(10)12/h4-7H,8-9H2,1-3H3. The molecule has 0 aromatic heterocycles. The van der Waals surface area contributed by atoms with Crippen LogP contribution in [0.15, 0.2) is 24.3 Å². The molecule has 0 spiro atoms. The maximum absolute atomic E-state index is 13.2. The Kier molecular flexibility index (Phi) is 3.83. The van der Waals surface area contributed by atoms with Gasteiger partial charge in [0.05, 0.1) is 0 Å². The molecule has 0 N–H and O–H groups in total. The minimum absolute atomic E-state index is 0.133. The smallest absolute Gasteiger partial charge is 0.183 e. The highest BCUT2D eigenvalue weighted by molar-refractivity contribution is 6.69. The Labute approximate surface area is 86.0 Å². The lowest BCUT2D eigenvalue weighted by atomic mass is 10.1. The highest BCUT2D eigenvalue weighted by atomic mass is 28.4. The summed E-state index contributed by atoms with van der Waals surface area (Å²) in [5.74, 6) is -0.133. The molecule has 0 saturated heterocycles. The molecule has 0 bridgehead atoms. The molecule has 0 unspecified atom stereocenters. The van der Waals surface area contributed by atoms with Gasteiger partial charge in [-0.05, 0) is 37.7 Å². The zero-order valence-corrected chi connectivity index (χ0v) is 10.0. The van der Waals surface area contributed by atoms with Crippen molar-refractivity contribution in [2.75, 3.05) is 6.61 Å². The zero-order valence-electron chi connectivity index (χ0n) is 9.01. The molecule has 14 heavy (non-hydrogen) atoms. The van der Waals surface area contributed by atoms with Crippen LogP contribution in [0.4, 0.5) is 4.39 Å². The summed E-state index contributed by atoms with van der Waals surface area (Å²) >= 11 is 0. The van der Waals surface area contributed by atoms with Gasteiger partial charge in [0.2, 0.25) is 0 Å². The van der Waals surface area contributed by atoms with Gasteiger partial charge in [0.1, 0.15) is 5.82 Å². The maximum atomic E-state index is 13.2. The van der Waals surface area contributed by atoms with Crippen LogP contribution in [0.3, 0.4) is 0 Å². The van der Waals surface area contributed by atoms with E-state index in [9.17, 15) is 4.39 Å². The van der Waals surface area contributed by atoms with E-state index in [0.717, 1.165) is 5.56 Å². The van der Waals surface area contributed by atoms with Crippen LogP contribution in [0.5, 0.6) is 0 Å². The maximum Gasteiger partial charge on any atom is 0.183 e. The molecule has 0 aliphatic rings. The lowest BCUT2D eigenvalue weighted by molar-refractivity contribution is 0.314. The first-order valence-corrected chi connectivity index (χ1v) is 8.27. The van der Waals surface area contributed by atoms with E-state index >= 15 is 0 Å². The molecule has 0 heterocycles. The summed E-state index contributed by atoms with van der Waals surface area (Å²) in [4.78, 5) is 0. The average Bonchev–Trinajstić information content (AvgIpc) is 2.06. The van der Waals surface area contributed by atoms with Gasteiger partial charge in [-0.1, -0.05) is 18.2 Å². The third kappa shape index (κ3) is 4.02. The summed E-state index contributed by atoms with van der Waals surface area (Å²) in [5.41, 5.74) is 0.741. The Bertz CT molecular complexity index is 294. The topological polar surface area (TPSA) is 9.23 Å². The lowest BCUT2D eigenvalue weighted by Crippen LogP contribution is -2.26. The molecule has 1 aromatic rings. The lowest BCUT2D eigenvalue weighted by Gasteiger charge is -2.16. The molecular weight excluding hydrogens is 195 g/mol. The second-order valence-electron chi connectivity index (χ2n) is 4.30. The number of hydrogen-bond acceptors (Lipinski definition) is 1. The van der Waals surface area contributed by atoms with Crippen molar-refractivity contribution in [2.45, 2.75) is 26.1 Å². The summed E-state index contributed by atoms with van der Waals surface area (Å²) in [6.45, 7) is 7.02. The SMILES string of the molecule is C[Si](C)(C)OCCc1ccccc1F. The van der Waals surface area contributed by atoms with Gasteiger partial charge >= 0.3 is 0 Å². The fourth-order valence-electron chi connectivity index (χ4n) is 1.17. The van der Waals surface area contributed by atoms with Crippen molar-refractivity contribution in [3.05, 3.63) is 35.6 Å². The van der Waals surface area contributed by atoms with Gasteiger partial charge < -0.3 is 4.43 Å². The Morgan fingerprint density at radius 1 is 1.21 bits per heavy atom. The van der Waals surface area contributed by atoms with E-state index < -0.39 is 8.32 Å². The molecule has 1 rings (SSSR count). The van der Waals surface area contributed by atoms with Crippen LogP contribution in [0.2, 0.25) is 19.6 Å².